The molecule has 4 rings (SSSR count). The van der Waals surface area contributed by atoms with Gasteiger partial charge in [0.2, 0.25) is 5.91 Å². The molecule has 3 atom stereocenters. The van der Waals surface area contributed by atoms with Crippen molar-refractivity contribution in [1.82, 2.24) is 5.32 Å². The third kappa shape index (κ3) is 5.04. The molecule has 1 aliphatic carbocycles. The average molecular weight is 492 g/mol. The second-order valence-electron chi connectivity index (χ2n) is 9.37. The second kappa shape index (κ2) is 10.4. The van der Waals surface area contributed by atoms with Gasteiger partial charge in [-0.25, -0.2) is 0 Å². The number of carbonyl (C=O) groups is 3. The Balaban J connectivity index is 1.56. The molecule has 2 aromatic carbocycles. The highest BCUT2D eigenvalue weighted by Crippen LogP contribution is 2.61. The Morgan fingerprint density at radius 1 is 1.28 bits per heavy atom. The molecule has 9 heteroatoms. The van der Waals surface area contributed by atoms with E-state index in [1.54, 1.807) is 50.4 Å². The van der Waals surface area contributed by atoms with Crippen LogP contribution >= 0.6 is 0 Å². The maximum atomic E-state index is 13.4. The second-order valence-corrected chi connectivity index (χ2v) is 9.37. The Labute approximate surface area is 209 Å². The number of benzene rings is 2. The average Bonchev–Trinajstić information content (AvgIpc) is 3.58. The van der Waals surface area contributed by atoms with E-state index in [1.165, 1.54) is 0 Å². The molecule has 1 aliphatic heterocycles. The summed E-state index contributed by atoms with van der Waals surface area (Å²) in [6.07, 6.45) is 1.16. The Hall–Kier alpha value is -3.90. The Morgan fingerprint density at radius 2 is 2.08 bits per heavy atom. The number of nitriles is 1. The molecule has 1 fully saturated rings. The standard InChI is InChI=1S/C27H29N3O6/c1-16(11-24(31)32)19-5-3-17(15-28)12-22(19)30-26(34)21-14-27(21)7-9-36-23-6-4-18(13-20(23)27)25(33)29-8-10-35-2/h3-6,12-13,16,21H,7-11,14H2,1-2H3,(H,29,33)(H,30,34)(H,31,32)/t16?,21-,27-/m0/s1. The van der Waals surface area contributed by atoms with E-state index in [-0.39, 0.29) is 30.1 Å². The van der Waals surface area contributed by atoms with E-state index in [4.69, 9.17) is 9.47 Å². The number of nitrogens with zero attached hydrogens (tertiary/aromatic N) is 1. The molecule has 1 unspecified atom stereocenters. The quantitative estimate of drug-likeness (QED) is 0.458. The van der Waals surface area contributed by atoms with Gasteiger partial charge in [0.25, 0.3) is 5.91 Å². The van der Waals surface area contributed by atoms with Crippen molar-refractivity contribution in [2.45, 2.75) is 37.5 Å². The van der Waals surface area contributed by atoms with Crippen LogP contribution in [0.25, 0.3) is 0 Å². The molecule has 0 radical (unpaired) electrons. The molecule has 1 heterocycles. The number of carbonyl (C=O) groups excluding carboxylic acids is 2. The molecular weight excluding hydrogens is 462 g/mol. The molecule has 1 saturated carbocycles. The number of fused-ring (bicyclic) bond motifs is 2. The van der Waals surface area contributed by atoms with Crippen LogP contribution in [0.3, 0.4) is 0 Å². The molecular formula is C27H29N3O6. The van der Waals surface area contributed by atoms with Crippen LogP contribution in [0.2, 0.25) is 0 Å². The first kappa shape index (κ1) is 25.2. The van der Waals surface area contributed by atoms with Gasteiger partial charge in [-0.05, 0) is 54.7 Å². The Bertz CT molecular complexity index is 1240. The summed E-state index contributed by atoms with van der Waals surface area (Å²) in [5, 5.41) is 24.3. The fourth-order valence-corrected chi connectivity index (χ4v) is 5.01. The van der Waals surface area contributed by atoms with Crippen molar-refractivity contribution >= 4 is 23.5 Å². The van der Waals surface area contributed by atoms with Gasteiger partial charge in [0.15, 0.2) is 0 Å². The largest absolute Gasteiger partial charge is 0.493 e. The van der Waals surface area contributed by atoms with Gasteiger partial charge in [-0.3, -0.25) is 14.4 Å². The van der Waals surface area contributed by atoms with E-state index in [0.29, 0.717) is 60.7 Å². The van der Waals surface area contributed by atoms with Crippen molar-refractivity contribution in [2.75, 3.05) is 32.2 Å². The number of carboxylic acid groups (broad SMARTS) is 1. The lowest BCUT2D eigenvalue weighted by atomic mass is 9.86. The van der Waals surface area contributed by atoms with Crippen molar-refractivity contribution in [3.8, 4) is 11.8 Å². The molecule has 3 N–H and O–H groups in total. The first-order chi connectivity index (χ1) is 17.3. The molecule has 2 aliphatic rings. The van der Waals surface area contributed by atoms with Crippen LogP contribution in [0, 0.1) is 17.2 Å². The van der Waals surface area contributed by atoms with Crippen LogP contribution in [0.1, 0.15) is 59.2 Å². The van der Waals surface area contributed by atoms with Gasteiger partial charge in [0.1, 0.15) is 5.75 Å². The molecule has 0 bridgehead atoms. The van der Waals surface area contributed by atoms with E-state index >= 15 is 0 Å². The monoisotopic (exact) mass is 491 g/mol. The fourth-order valence-electron chi connectivity index (χ4n) is 5.01. The lowest BCUT2D eigenvalue weighted by Crippen LogP contribution is -2.29. The lowest BCUT2D eigenvalue weighted by Gasteiger charge is -2.27. The van der Waals surface area contributed by atoms with Gasteiger partial charge in [-0.2, -0.15) is 5.26 Å². The molecule has 9 nitrogen and oxygen atoms in total. The highest BCUT2D eigenvalue weighted by Gasteiger charge is 2.61. The molecule has 2 aromatic rings. The first-order valence-corrected chi connectivity index (χ1v) is 11.9. The van der Waals surface area contributed by atoms with Crippen LogP contribution in [0.5, 0.6) is 5.75 Å². The summed E-state index contributed by atoms with van der Waals surface area (Å²) in [5.41, 5.74) is 2.41. The predicted molar refractivity (Wildman–Crippen MR) is 131 cm³/mol. The maximum Gasteiger partial charge on any atom is 0.303 e. The van der Waals surface area contributed by atoms with Gasteiger partial charge in [0, 0.05) is 41.8 Å². The van der Waals surface area contributed by atoms with Gasteiger partial charge < -0.3 is 25.2 Å². The molecule has 0 aromatic heterocycles. The molecule has 2 amide bonds. The number of hydrogen-bond donors (Lipinski definition) is 3. The molecule has 36 heavy (non-hydrogen) atoms. The number of amides is 2. The Kier molecular flexibility index (Phi) is 7.27. The van der Waals surface area contributed by atoms with E-state index in [2.05, 4.69) is 16.7 Å². The summed E-state index contributed by atoms with van der Waals surface area (Å²) in [5.74, 6) is -1.36. The predicted octanol–water partition coefficient (Wildman–Crippen LogP) is 3.19. The SMILES string of the molecule is COCCNC(=O)c1ccc2c(c1)[C@]1(CCO2)C[C@H]1C(=O)Nc1cc(C#N)ccc1C(C)CC(=O)O. The number of methoxy groups -OCH3 is 1. The molecule has 1 spiro atoms. The minimum Gasteiger partial charge on any atom is -0.493 e. The lowest BCUT2D eigenvalue weighted by molar-refractivity contribution is -0.137. The Morgan fingerprint density at radius 3 is 2.81 bits per heavy atom. The third-order valence-electron chi connectivity index (χ3n) is 7.02. The van der Waals surface area contributed by atoms with Crippen molar-refractivity contribution in [3.05, 3.63) is 58.7 Å². The number of rotatable bonds is 9. The summed E-state index contributed by atoms with van der Waals surface area (Å²) in [4.78, 5) is 37.2. The van der Waals surface area contributed by atoms with E-state index < -0.39 is 11.4 Å². The zero-order valence-corrected chi connectivity index (χ0v) is 20.3. The number of aliphatic carboxylic acids is 1. The third-order valence-corrected chi connectivity index (χ3v) is 7.02. The summed E-state index contributed by atoms with van der Waals surface area (Å²) >= 11 is 0. The van der Waals surface area contributed by atoms with E-state index in [0.717, 1.165) is 5.56 Å². The van der Waals surface area contributed by atoms with Gasteiger partial charge in [0.05, 0.1) is 31.3 Å². The summed E-state index contributed by atoms with van der Waals surface area (Å²) < 4.78 is 10.8. The van der Waals surface area contributed by atoms with Crippen molar-refractivity contribution in [2.24, 2.45) is 5.92 Å². The van der Waals surface area contributed by atoms with E-state index in [1.807, 2.05) is 0 Å². The van der Waals surface area contributed by atoms with Crippen molar-refractivity contribution in [3.63, 3.8) is 0 Å². The van der Waals surface area contributed by atoms with Crippen molar-refractivity contribution in [1.29, 1.82) is 5.26 Å². The minimum absolute atomic E-state index is 0.0952. The smallest absolute Gasteiger partial charge is 0.303 e. The highest BCUT2D eigenvalue weighted by molar-refractivity contribution is 5.98. The van der Waals surface area contributed by atoms with Gasteiger partial charge in [-0.1, -0.05) is 13.0 Å². The fraction of sp³-hybridized carbons (Fsp3) is 0.407. The number of nitrogens with one attached hydrogen (secondary N) is 2. The minimum atomic E-state index is -0.939. The number of hydrogen-bond acceptors (Lipinski definition) is 6. The zero-order valence-electron chi connectivity index (χ0n) is 20.3. The van der Waals surface area contributed by atoms with E-state index in [9.17, 15) is 24.8 Å². The normalized spacial score (nSPS) is 20.4. The molecule has 188 valence electrons. The topological polar surface area (TPSA) is 138 Å². The maximum absolute atomic E-state index is 13.4. The number of ether oxygens (including phenoxy) is 2. The number of carboxylic acids is 1. The van der Waals surface area contributed by atoms with Crippen LogP contribution in [0.15, 0.2) is 36.4 Å². The van der Waals surface area contributed by atoms with Gasteiger partial charge in [-0.15, -0.1) is 0 Å². The van der Waals surface area contributed by atoms with Gasteiger partial charge >= 0.3 is 5.97 Å². The summed E-state index contributed by atoms with van der Waals surface area (Å²) in [6, 6.07) is 12.3. The summed E-state index contributed by atoms with van der Waals surface area (Å²) in [7, 11) is 1.57. The van der Waals surface area contributed by atoms with Crippen LogP contribution in [-0.4, -0.2) is 49.8 Å². The van der Waals surface area contributed by atoms with Crippen LogP contribution in [0.4, 0.5) is 5.69 Å². The number of anilines is 1. The first-order valence-electron chi connectivity index (χ1n) is 11.9. The van der Waals surface area contributed by atoms with Crippen LogP contribution in [-0.2, 0) is 19.7 Å². The highest BCUT2D eigenvalue weighted by atomic mass is 16.5. The zero-order chi connectivity index (χ0) is 25.9. The van der Waals surface area contributed by atoms with Crippen molar-refractivity contribution < 1.29 is 29.0 Å². The van der Waals surface area contributed by atoms with Crippen LogP contribution < -0.4 is 15.4 Å². The summed E-state index contributed by atoms with van der Waals surface area (Å²) in [6.45, 7) is 3.05. The molecule has 0 saturated heterocycles.